The second-order valence-electron chi connectivity index (χ2n) is 7.88. The molecular weight excluding hydrogens is 480 g/mol. The van der Waals surface area contributed by atoms with Crippen LogP contribution in [0.5, 0.6) is 0 Å². The zero-order valence-electron chi connectivity index (χ0n) is 20.4. The van der Waals surface area contributed by atoms with Crippen LogP contribution in [0.15, 0.2) is 0 Å². The fraction of sp³-hybridized carbons (Fsp3) is 0.750. The van der Waals surface area contributed by atoms with Gasteiger partial charge in [0.05, 0.1) is 0 Å². The van der Waals surface area contributed by atoms with Crippen molar-refractivity contribution in [2.45, 2.75) is 69.1 Å². The molecule has 0 aromatic carbocycles. The molecule has 0 aromatic heterocycles. The van der Waals surface area contributed by atoms with Gasteiger partial charge in [-0.3, -0.25) is 24.6 Å². The highest BCUT2D eigenvalue weighted by Gasteiger charge is 2.20. The third-order valence-corrected chi connectivity index (χ3v) is 4.68. The van der Waals surface area contributed by atoms with Crippen LogP contribution in [-0.2, 0) is 23.9 Å². The Hall–Kier alpha value is -3.05. The quantitative estimate of drug-likeness (QED) is 0.0465. The van der Waals surface area contributed by atoms with Crippen LogP contribution in [0.3, 0.4) is 0 Å². The summed E-state index contributed by atoms with van der Waals surface area (Å²) in [5.41, 5.74) is 26.2. The number of carboxylic acids is 3. The fourth-order valence-corrected chi connectivity index (χ4v) is 2.54. The Labute approximate surface area is 209 Å². The molecule has 210 valence electrons. The molecule has 1 fully saturated rings. The minimum atomic E-state index is -1.22. The van der Waals surface area contributed by atoms with E-state index in [-0.39, 0.29) is 18.6 Å². The Kier molecular flexibility index (Phi) is 20.7. The molecule has 16 heteroatoms. The average Bonchev–Trinajstić information content (AvgIpc) is 3.36. The lowest BCUT2D eigenvalue weighted by atomic mass is 10.1. The summed E-state index contributed by atoms with van der Waals surface area (Å²) in [5, 5.41) is 37.4. The number of nitrogens with one attached hydrogen (secondary N) is 3. The highest BCUT2D eigenvalue weighted by atomic mass is 16.5. The zero-order chi connectivity index (χ0) is 28.1. The van der Waals surface area contributed by atoms with E-state index in [1.54, 1.807) is 0 Å². The van der Waals surface area contributed by atoms with E-state index in [4.69, 9.17) is 49.4 Å². The number of nitrogens with two attached hydrogens (primary N) is 5. The summed E-state index contributed by atoms with van der Waals surface area (Å²) in [6.07, 6.45) is 4.75. The Morgan fingerprint density at radius 1 is 0.972 bits per heavy atom. The fourth-order valence-electron chi connectivity index (χ4n) is 2.54. The molecule has 1 rings (SSSR count). The van der Waals surface area contributed by atoms with Gasteiger partial charge < -0.3 is 59.4 Å². The highest BCUT2D eigenvalue weighted by Crippen LogP contribution is 2.03. The molecule has 16 nitrogen and oxygen atoms in total. The maximum Gasteiger partial charge on any atom is 0.324 e. The number of hydrogen-bond donors (Lipinski definition) is 11. The standard InChI is InChI=1S/C9H19N3O4.C6H14N4O2.C5H9NO2/c10-4-2-1-3-6(11)9(15)16-5-7(12)8(13)14;7-4(5(11)12)2-1-3-10-6(8)9;7-5(8)4-2-1-3-6-4/h6-7H,1-5,10-12H2,(H,13,14);4H,1-3,7H2,(H,11,12)(H4,8,9,10);4,6H,1-3H2,(H,7,8)/t6-,7-;2*4-/m000/s1. The first-order chi connectivity index (χ1) is 16.8. The molecule has 0 unspecified atom stereocenters. The molecule has 1 aliphatic rings. The van der Waals surface area contributed by atoms with Crippen molar-refractivity contribution >= 4 is 29.8 Å². The molecule has 4 atom stereocenters. The predicted octanol–water partition coefficient (Wildman–Crippen LogP) is -3.12. The normalized spacial score (nSPS) is 16.6. The van der Waals surface area contributed by atoms with Crippen molar-refractivity contribution in [3.05, 3.63) is 0 Å². The number of rotatable bonds is 14. The lowest BCUT2D eigenvalue weighted by molar-refractivity contribution is -0.149. The van der Waals surface area contributed by atoms with Gasteiger partial charge in [0.1, 0.15) is 30.8 Å². The van der Waals surface area contributed by atoms with Gasteiger partial charge in [-0.25, -0.2) is 0 Å². The molecule has 0 aliphatic carbocycles. The molecule has 0 radical (unpaired) electrons. The lowest BCUT2D eigenvalue weighted by Crippen LogP contribution is -2.39. The summed E-state index contributed by atoms with van der Waals surface area (Å²) in [6.45, 7) is 1.53. The second-order valence-corrected chi connectivity index (χ2v) is 7.88. The predicted molar refractivity (Wildman–Crippen MR) is 131 cm³/mol. The molecule has 1 heterocycles. The minimum Gasteiger partial charge on any atom is -0.480 e. The molecule has 0 saturated carbocycles. The van der Waals surface area contributed by atoms with E-state index in [2.05, 4.69) is 15.4 Å². The number of carbonyl (C=O) groups is 4. The van der Waals surface area contributed by atoms with Gasteiger partial charge in [0.25, 0.3) is 0 Å². The summed E-state index contributed by atoms with van der Waals surface area (Å²) >= 11 is 0. The lowest BCUT2D eigenvalue weighted by Gasteiger charge is -2.12. The van der Waals surface area contributed by atoms with Crippen molar-refractivity contribution < 1.29 is 39.2 Å². The van der Waals surface area contributed by atoms with E-state index >= 15 is 0 Å². The van der Waals surface area contributed by atoms with Crippen LogP contribution >= 0.6 is 0 Å². The smallest absolute Gasteiger partial charge is 0.324 e. The van der Waals surface area contributed by atoms with Crippen LogP contribution in [-0.4, -0.2) is 95.6 Å². The maximum atomic E-state index is 11.2. The van der Waals surface area contributed by atoms with Gasteiger partial charge in [0.15, 0.2) is 5.96 Å². The van der Waals surface area contributed by atoms with Crippen LogP contribution in [0.25, 0.3) is 0 Å². The van der Waals surface area contributed by atoms with Crippen molar-refractivity contribution in [2.75, 3.05) is 26.2 Å². The molecule has 36 heavy (non-hydrogen) atoms. The zero-order valence-corrected chi connectivity index (χ0v) is 20.4. The van der Waals surface area contributed by atoms with Crippen LogP contribution < -0.4 is 39.3 Å². The third kappa shape index (κ3) is 20.3. The van der Waals surface area contributed by atoms with E-state index in [0.717, 1.165) is 32.2 Å². The number of carbonyl (C=O) groups excluding carboxylic acids is 1. The number of hydrogen-bond acceptors (Lipinski definition) is 11. The average molecular weight is 523 g/mol. The topological polar surface area (TPSA) is 316 Å². The van der Waals surface area contributed by atoms with Crippen molar-refractivity contribution in [1.29, 1.82) is 5.41 Å². The SMILES string of the molecule is N=C(N)NCCC[C@H](N)C(=O)O.NCCCC[C@H](N)C(=O)OC[C@H](N)C(=O)O.O=C(O)[C@@H]1CCCN1. The number of unbranched alkanes of at least 4 members (excludes halogenated alkanes) is 1. The van der Waals surface area contributed by atoms with Crippen LogP contribution in [0, 0.1) is 5.41 Å². The first kappa shape index (κ1) is 35.1. The maximum absolute atomic E-state index is 11.2. The van der Waals surface area contributed by atoms with Crippen LogP contribution in [0.1, 0.15) is 44.9 Å². The van der Waals surface area contributed by atoms with Crippen molar-refractivity contribution in [3.63, 3.8) is 0 Å². The first-order valence-corrected chi connectivity index (χ1v) is 11.5. The van der Waals surface area contributed by atoms with Gasteiger partial charge in [-0.15, -0.1) is 0 Å². The number of esters is 1. The molecule has 1 saturated heterocycles. The second kappa shape index (κ2) is 21.3. The Balaban J connectivity index is 0. The van der Waals surface area contributed by atoms with Crippen molar-refractivity contribution in [2.24, 2.45) is 28.7 Å². The minimum absolute atomic E-state index is 0.112. The number of guanidine groups is 1. The molecule has 0 amide bonds. The number of aliphatic carboxylic acids is 3. The summed E-state index contributed by atoms with van der Waals surface area (Å²) < 4.78 is 4.66. The van der Waals surface area contributed by atoms with Crippen molar-refractivity contribution in [3.8, 4) is 0 Å². The van der Waals surface area contributed by atoms with Gasteiger partial charge in [0.2, 0.25) is 0 Å². The summed E-state index contributed by atoms with van der Waals surface area (Å²) in [4.78, 5) is 41.9. The Morgan fingerprint density at radius 3 is 1.97 bits per heavy atom. The van der Waals surface area contributed by atoms with Crippen LogP contribution in [0.2, 0.25) is 0 Å². The van der Waals surface area contributed by atoms with E-state index in [9.17, 15) is 19.2 Å². The van der Waals surface area contributed by atoms with Gasteiger partial charge in [0, 0.05) is 6.54 Å². The first-order valence-electron chi connectivity index (χ1n) is 11.5. The van der Waals surface area contributed by atoms with E-state index in [1.165, 1.54) is 0 Å². The summed E-state index contributed by atoms with van der Waals surface area (Å²) in [7, 11) is 0. The third-order valence-electron chi connectivity index (χ3n) is 4.68. The van der Waals surface area contributed by atoms with Crippen LogP contribution in [0.4, 0.5) is 0 Å². The molecule has 0 spiro atoms. The largest absolute Gasteiger partial charge is 0.480 e. The van der Waals surface area contributed by atoms with Crippen molar-refractivity contribution in [1.82, 2.24) is 10.6 Å². The Bertz CT molecular complexity index is 676. The van der Waals surface area contributed by atoms with Gasteiger partial charge in [-0.2, -0.15) is 0 Å². The van der Waals surface area contributed by atoms with Gasteiger partial charge in [-0.05, 0) is 51.6 Å². The van der Waals surface area contributed by atoms with E-state index in [1.807, 2.05) is 0 Å². The summed E-state index contributed by atoms with van der Waals surface area (Å²) in [5.74, 6) is -3.68. The highest BCUT2D eigenvalue weighted by molar-refractivity contribution is 5.77. The molecule has 16 N–H and O–H groups in total. The number of carboxylic acid groups (broad SMARTS) is 3. The van der Waals surface area contributed by atoms with Gasteiger partial charge >= 0.3 is 23.9 Å². The molecule has 1 aliphatic heterocycles. The number of ether oxygens (including phenoxy) is 1. The van der Waals surface area contributed by atoms with E-state index < -0.39 is 42.0 Å². The molecular formula is C20H42N8O8. The molecule has 0 aromatic rings. The molecule has 0 bridgehead atoms. The Morgan fingerprint density at radius 2 is 1.56 bits per heavy atom. The van der Waals surface area contributed by atoms with Gasteiger partial charge in [-0.1, -0.05) is 6.42 Å². The van der Waals surface area contributed by atoms with E-state index in [0.29, 0.717) is 32.4 Å². The monoisotopic (exact) mass is 522 g/mol. The summed E-state index contributed by atoms with van der Waals surface area (Å²) in [6, 6.07) is -3.04.